The van der Waals surface area contributed by atoms with Gasteiger partial charge < -0.3 is 20.3 Å². The van der Waals surface area contributed by atoms with Crippen LogP contribution in [0.15, 0.2) is 18.2 Å². The fraction of sp³-hybridized carbons (Fsp3) is 0.529. The summed E-state index contributed by atoms with van der Waals surface area (Å²) in [5.74, 6) is -2.71. The standard InChI is InChI=1S/C15H24ClNO.C2H2O4/c1-3-4-9-17-10-5-6-11-18-15-8-7-14(16)12-13(15)2;3-1(4)2(5)6/h7-8,12,17H,3-6,9-11H2,1-2H3;(H,3,4)(H,5,6). The van der Waals surface area contributed by atoms with Crippen molar-refractivity contribution >= 4 is 23.5 Å². The van der Waals surface area contributed by atoms with E-state index in [-0.39, 0.29) is 0 Å². The van der Waals surface area contributed by atoms with Crippen LogP contribution in [0.25, 0.3) is 0 Å². The van der Waals surface area contributed by atoms with Gasteiger partial charge in [0.2, 0.25) is 0 Å². The third-order valence-electron chi connectivity index (χ3n) is 3.03. The Labute approximate surface area is 147 Å². The maximum Gasteiger partial charge on any atom is 0.414 e. The lowest BCUT2D eigenvalue weighted by Crippen LogP contribution is -2.17. The molecule has 136 valence electrons. The highest BCUT2D eigenvalue weighted by Gasteiger charge is 2.04. The number of halogens is 1. The summed E-state index contributed by atoms with van der Waals surface area (Å²) < 4.78 is 5.73. The average molecular weight is 360 g/mol. The number of benzene rings is 1. The predicted molar refractivity (Wildman–Crippen MR) is 94.0 cm³/mol. The van der Waals surface area contributed by atoms with E-state index in [0.29, 0.717) is 0 Å². The largest absolute Gasteiger partial charge is 0.493 e. The highest BCUT2D eigenvalue weighted by atomic mass is 35.5. The van der Waals surface area contributed by atoms with Gasteiger partial charge in [-0.15, -0.1) is 0 Å². The molecule has 0 saturated carbocycles. The summed E-state index contributed by atoms with van der Waals surface area (Å²) in [5.41, 5.74) is 1.10. The number of carboxylic acids is 2. The fourth-order valence-electron chi connectivity index (χ4n) is 1.74. The molecular weight excluding hydrogens is 334 g/mol. The quantitative estimate of drug-likeness (QED) is 0.462. The minimum Gasteiger partial charge on any atom is -0.493 e. The average Bonchev–Trinajstić information content (AvgIpc) is 2.52. The van der Waals surface area contributed by atoms with Crippen molar-refractivity contribution in [2.75, 3.05) is 19.7 Å². The molecule has 0 aliphatic rings. The third-order valence-corrected chi connectivity index (χ3v) is 3.27. The molecular formula is C17H26ClNO5. The summed E-state index contributed by atoms with van der Waals surface area (Å²) in [5, 5.41) is 19.0. The molecule has 0 aliphatic heterocycles. The second kappa shape index (κ2) is 13.6. The third kappa shape index (κ3) is 11.7. The molecule has 6 nitrogen and oxygen atoms in total. The van der Waals surface area contributed by atoms with Crippen molar-refractivity contribution in [1.29, 1.82) is 0 Å². The van der Waals surface area contributed by atoms with Crippen LogP contribution in [-0.2, 0) is 9.59 Å². The Bertz CT molecular complexity index is 496. The van der Waals surface area contributed by atoms with Crippen molar-refractivity contribution in [2.45, 2.75) is 39.5 Å². The molecule has 3 N–H and O–H groups in total. The number of nitrogens with one attached hydrogen (secondary N) is 1. The Morgan fingerprint density at radius 3 is 2.29 bits per heavy atom. The molecule has 0 atom stereocenters. The van der Waals surface area contributed by atoms with Gasteiger partial charge in [0.05, 0.1) is 6.61 Å². The van der Waals surface area contributed by atoms with E-state index in [1.54, 1.807) is 0 Å². The van der Waals surface area contributed by atoms with E-state index in [1.165, 1.54) is 12.8 Å². The van der Waals surface area contributed by atoms with Crippen LogP contribution in [0.5, 0.6) is 5.75 Å². The summed E-state index contributed by atoms with van der Waals surface area (Å²) >= 11 is 5.90. The minimum absolute atomic E-state index is 0.764. The zero-order valence-corrected chi connectivity index (χ0v) is 14.9. The molecule has 1 rings (SSSR count). The number of aliphatic carboxylic acids is 2. The molecule has 0 saturated heterocycles. The molecule has 7 heteroatoms. The van der Waals surface area contributed by atoms with Crippen molar-refractivity contribution in [3.05, 3.63) is 28.8 Å². The van der Waals surface area contributed by atoms with Gasteiger partial charge in [0.25, 0.3) is 0 Å². The molecule has 0 aliphatic carbocycles. The highest BCUT2D eigenvalue weighted by Crippen LogP contribution is 2.21. The molecule has 1 aromatic rings. The van der Waals surface area contributed by atoms with Gasteiger partial charge in [-0.2, -0.15) is 0 Å². The SMILES string of the molecule is CCCCNCCCCOc1ccc(Cl)cc1C.O=C(O)C(=O)O. The first kappa shape index (κ1) is 22.2. The maximum atomic E-state index is 9.10. The lowest BCUT2D eigenvalue weighted by atomic mass is 10.2. The number of rotatable bonds is 9. The van der Waals surface area contributed by atoms with Crippen LogP contribution in [0.4, 0.5) is 0 Å². The zero-order chi connectivity index (χ0) is 18.4. The Morgan fingerprint density at radius 1 is 1.12 bits per heavy atom. The van der Waals surface area contributed by atoms with Gasteiger partial charge in [0, 0.05) is 5.02 Å². The van der Waals surface area contributed by atoms with Crippen molar-refractivity contribution in [3.63, 3.8) is 0 Å². The Hall–Kier alpha value is -1.79. The first-order chi connectivity index (χ1) is 11.4. The van der Waals surface area contributed by atoms with E-state index in [1.807, 2.05) is 25.1 Å². The second-order valence-electron chi connectivity index (χ2n) is 5.18. The van der Waals surface area contributed by atoms with E-state index in [2.05, 4.69) is 12.2 Å². The second-order valence-corrected chi connectivity index (χ2v) is 5.62. The van der Waals surface area contributed by atoms with Gasteiger partial charge >= 0.3 is 11.9 Å². The van der Waals surface area contributed by atoms with E-state index in [4.69, 9.17) is 36.1 Å². The number of carboxylic acid groups (broad SMARTS) is 2. The van der Waals surface area contributed by atoms with Gasteiger partial charge in [-0.25, -0.2) is 9.59 Å². The molecule has 0 heterocycles. The molecule has 0 fully saturated rings. The lowest BCUT2D eigenvalue weighted by molar-refractivity contribution is -0.159. The normalized spacial score (nSPS) is 9.79. The van der Waals surface area contributed by atoms with Crippen LogP contribution < -0.4 is 10.1 Å². The first-order valence-corrected chi connectivity index (χ1v) is 8.32. The number of hydrogen-bond acceptors (Lipinski definition) is 4. The van der Waals surface area contributed by atoms with E-state index >= 15 is 0 Å². The van der Waals surface area contributed by atoms with Crippen molar-refractivity contribution in [3.8, 4) is 5.75 Å². The summed E-state index contributed by atoms with van der Waals surface area (Å²) in [6, 6.07) is 5.75. The summed E-state index contributed by atoms with van der Waals surface area (Å²) in [4.78, 5) is 18.2. The van der Waals surface area contributed by atoms with E-state index in [9.17, 15) is 0 Å². The lowest BCUT2D eigenvalue weighted by Gasteiger charge is -2.09. The van der Waals surface area contributed by atoms with Crippen LogP contribution in [0.1, 0.15) is 38.2 Å². The maximum absolute atomic E-state index is 9.10. The van der Waals surface area contributed by atoms with Gasteiger partial charge in [0.1, 0.15) is 5.75 Å². The Morgan fingerprint density at radius 2 is 1.75 bits per heavy atom. The molecule has 24 heavy (non-hydrogen) atoms. The molecule has 0 aromatic heterocycles. The Balaban J connectivity index is 0.000000754. The fourth-order valence-corrected chi connectivity index (χ4v) is 1.96. The van der Waals surface area contributed by atoms with Crippen LogP contribution in [0.2, 0.25) is 5.02 Å². The van der Waals surface area contributed by atoms with Gasteiger partial charge in [-0.3, -0.25) is 0 Å². The smallest absolute Gasteiger partial charge is 0.414 e. The summed E-state index contributed by atoms with van der Waals surface area (Å²) in [6.45, 7) is 7.23. The van der Waals surface area contributed by atoms with Crippen molar-refractivity contribution < 1.29 is 24.5 Å². The monoisotopic (exact) mass is 359 g/mol. The number of hydrogen-bond donors (Lipinski definition) is 3. The van der Waals surface area contributed by atoms with Gasteiger partial charge in [-0.1, -0.05) is 24.9 Å². The zero-order valence-electron chi connectivity index (χ0n) is 14.2. The minimum atomic E-state index is -1.82. The van der Waals surface area contributed by atoms with Crippen LogP contribution in [0.3, 0.4) is 0 Å². The summed E-state index contributed by atoms with van der Waals surface area (Å²) in [7, 11) is 0. The van der Waals surface area contributed by atoms with Crippen LogP contribution in [-0.4, -0.2) is 41.8 Å². The van der Waals surface area contributed by atoms with Crippen LogP contribution >= 0.6 is 11.6 Å². The number of ether oxygens (including phenoxy) is 1. The molecule has 0 bridgehead atoms. The van der Waals surface area contributed by atoms with E-state index in [0.717, 1.165) is 48.9 Å². The molecule has 0 spiro atoms. The topological polar surface area (TPSA) is 95.9 Å². The molecule has 0 amide bonds. The van der Waals surface area contributed by atoms with Crippen LogP contribution in [0, 0.1) is 6.92 Å². The molecule has 1 aromatic carbocycles. The Kier molecular flexibility index (Phi) is 12.6. The van der Waals surface area contributed by atoms with E-state index < -0.39 is 11.9 Å². The number of unbranched alkanes of at least 4 members (excludes halogenated alkanes) is 2. The van der Waals surface area contributed by atoms with Crippen molar-refractivity contribution in [1.82, 2.24) is 5.32 Å². The first-order valence-electron chi connectivity index (χ1n) is 7.94. The van der Waals surface area contributed by atoms with Gasteiger partial charge in [-0.05, 0) is 63.0 Å². The van der Waals surface area contributed by atoms with Gasteiger partial charge in [0.15, 0.2) is 0 Å². The molecule has 0 unspecified atom stereocenters. The van der Waals surface area contributed by atoms with Crippen molar-refractivity contribution in [2.24, 2.45) is 0 Å². The predicted octanol–water partition coefficient (Wildman–Crippen LogP) is 3.35. The molecule has 0 radical (unpaired) electrons. The summed E-state index contributed by atoms with van der Waals surface area (Å²) in [6.07, 6.45) is 4.77. The highest BCUT2D eigenvalue weighted by molar-refractivity contribution is 6.30. The number of aryl methyl sites for hydroxylation is 1. The number of carbonyl (C=O) groups is 2.